The molecule has 0 aliphatic carbocycles. The van der Waals surface area contributed by atoms with Crippen molar-refractivity contribution in [2.45, 2.75) is 19.8 Å². The number of methoxy groups -OCH3 is 1. The fraction of sp³-hybridized carbons (Fsp3) is 0.429. The molecule has 2 N–H and O–H groups in total. The number of carbonyl (C=O) groups is 2. The molecule has 0 aromatic heterocycles. The van der Waals surface area contributed by atoms with E-state index in [1.54, 1.807) is 20.1 Å². The molecule has 5 heteroatoms. The molecular formula is C14H19NO4. The third-order valence-corrected chi connectivity index (χ3v) is 2.67. The Hall–Kier alpha value is -2.04. The molecule has 0 saturated heterocycles. The molecule has 1 aromatic carbocycles. The van der Waals surface area contributed by atoms with Gasteiger partial charge in [0.2, 0.25) is 5.91 Å². The van der Waals surface area contributed by atoms with Crippen LogP contribution in [0.3, 0.4) is 0 Å². The van der Waals surface area contributed by atoms with E-state index in [9.17, 15) is 9.59 Å². The molecule has 0 saturated carbocycles. The zero-order valence-corrected chi connectivity index (χ0v) is 11.2. The van der Waals surface area contributed by atoms with Crippen LogP contribution in [0.4, 0.5) is 0 Å². The van der Waals surface area contributed by atoms with Crippen molar-refractivity contribution in [3.63, 3.8) is 0 Å². The summed E-state index contributed by atoms with van der Waals surface area (Å²) in [6, 6.07) is 7.30. The minimum atomic E-state index is -0.852. The number of benzene rings is 1. The standard InChI is InChI=1S/C14H19NO4/c1-10(6-14(17)18)9-15-13(16)8-11-4-3-5-12(7-11)19-2/h3-5,7,10H,6,8-9H2,1-2H3,(H,15,16)(H,17,18). The predicted molar refractivity (Wildman–Crippen MR) is 71.1 cm³/mol. The first-order valence-electron chi connectivity index (χ1n) is 6.12. The highest BCUT2D eigenvalue weighted by atomic mass is 16.5. The third kappa shape index (κ3) is 5.90. The van der Waals surface area contributed by atoms with Gasteiger partial charge in [-0.15, -0.1) is 0 Å². The monoisotopic (exact) mass is 265 g/mol. The molecule has 0 aliphatic heterocycles. The summed E-state index contributed by atoms with van der Waals surface area (Å²) >= 11 is 0. The van der Waals surface area contributed by atoms with Crippen LogP contribution in [0.25, 0.3) is 0 Å². The maximum atomic E-state index is 11.7. The second-order valence-electron chi connectivity index (χ2n) is 4.54. The van der Waals surface area contributed by atoms with Crippen LogP contribution in [-0.4, -0.2) is 30.6 Å². The average molecular weight is 265 g/mol. The number of carboxylic acids is 1. The van der Waals surface area contributed by atoms with Gasteiger partial charge in [0.05, 0.1) is 13.5 Å². The van der Waals surface area contributed by atoms with E-state index in [1.165, 1.54) is 0 Å². The van der Waals surface area contributed by atoms with Crippen LogP contribution in [0.1, 0.15) is 18.9 Å². The molecule has 19 heavy (non-hydrogen) atoms. The van der Waals surface area contributed by atoms with Gasteiger partial charge in [0.25, 0.3) is 0 Å². The van der Waals surface area contributed by atoms with E-state index in [0.717, 1.165) is 5.56 Å². The topological polar surface area (TPSA) is 75.6 Å². The minimum absolute atomic E-state index is 0.0550. The highest BCUT2D eigenvalue weighted by Crippen LogP contribution is 2.12. The summed E-state index contributed by atoms with van der Waals surface area (Å²) in [5, 5.41) is 11.3. The van der Waals surface area contributed by atoms with Crippen molar-refractivity contribution in [3.8, 4) is 5.75 Å². The average Bonchev–Trinajstić information content (AvgIpc) is 2.36. The Balaban J connectivity index is 2.40. The summed E-state index contributed by atoms with van der Waals surface area (Å²) in [7, 11) is 1.58. The highest BCUT2D eigenvalue weighted by Gasteiger charge is 2.10. The smallest absolute Gasteiger partial charge is 0.303 e. The van der Waals surface area contributed by atoms with Crippen LogP contribution in [0.15, 0.2) is 24.3 Å². The van der Waals surface area contributed by atoms with Crippen molar-refractivity contribution < 1.29 is 19.4 Å². The Morgan fingerprint density at radius 1 is 1.42 bits per heavy atom. The lowest BCUT2D eigenvalue weighted by Gasteiger charge is -2.10. The van der Waals surface area contributed by atoms with Crippen molar-refractivity contribution in [2.75, 3.05) is 13.7 Å². The van der Waals surface area contributed by atoms with Crippen LogP contribution in [-0.2, 0) is 16.0 Å². The molecule has 1 rings (SSSR count). The van der Waals surface area contributed by atoms with E-state index >= 15 is 0 Å². The van der Waals surface area contributed by atoms with Crippen LogP contribution in [0, 0.1) is 5.92 Å². The number of nitrogens with one attached hydrogen (secondary N) is 1. The number of rotatable bonds is 7. The van der Waals surface area contributed by atoms with Gasteiger partial charge in [0.1, 0.15) is 5.75 Å². The second kappa shape index (κ2) is 7.41. The molecule has 0 heterocycles. The third-order valence-electron chi connectivity index (χ3n) is 2.67. The molecule has 0 radical (unpaired) electrons. The summed E-state index contributed by atoms with van der Waals surface area (Å²) in [5.41, 5.74) is 0.864. The van der Waals surface area contributed by atoms with E-state index < -0.39 is 5.97 Å². The second-order valence-corrected chi connectivity index (χ2v) is 4.54. The maximum Gasteiger partial charge on any atom is 0.303 e. The number of hydrogen-bond donors (Lipinski definition) is 2. The largest absolute Gasteiger partial charge is 0.497 e. The van der Waals surface area contributed by atoms with Crippen molar-refractivity contribution >= 4 is 11.9 Å². The van der Waals surface area contributed by atoms with Gasteiger partial charge in [-0.1, -0.05) is 19.1 Å². The number of aliphatic carboxylic acids is 1. The summed E-state index contributed by atoms with van der Waals surface area (Å²) < 4.78 is 5.08. The van der Waals surface area contributed by atoms with Gasteiger partial charge in [0, 0.05) is 13.0 Å². The quantitative estimate of drug-likeness (QED) is 0.782. The SMILES string of the molecule is COc1cccc(CC(=O)NCC(C)CC(=O)O)c1. The summed E-state index contributed by atoms with van der Waals surface area (Å²) in [6.07, 6.45) is 0.316. The molecule has 0 aliphatic rings. The zero-order chi connectivity index (χ0) is 14.3. The Morgan fingerprint density at radius 2 is 2.16 bits per heavy atom. The number of carbonyl (C=O) groups excluding carboxylic acids is 1. The normalized spacial score (nSPS) is 11.7. The highest BCUT2D eigenvalue weighted by molar-refractivity contribution is 5.78. The van der Waals surface area contributed by atoms with Crippen molar-refractivity contribution in [3.05, 3.63) is 29.8 Å². The lowest BCUT2D eigenvalue weighted by Crippen LogP contribution is -2.30. The van der Waals surface area contributed by atoms with Crippen LogP contribution >= 0.6 is 0 Å². The number of amides is 1. The van der Waals surface area contributed by atoms with Gasteiger partial charge in [-0.2, -0.15) is 0 Å². The first-order valence-corrected chi connectivity index (χ1v) is 6.12. The fourth-order valence-corrected chi connectivity index (χ4v) is 1.69. The molecular weight excluding hydrogens is 246 g/mol. The molecule has 104 valence electrons. The predicted octanol–water partition coefficient (Wildman–Crippen LogP) is 1.46. The Morgan fingerprint density at radius 3 is 2.79 bits per heavy atom. The van der Waals surface area contributed by atoms with Gasteiger partial charge >= 0.3 is 5.97 Å². The Bertz CT molecular complexity index is 445. The van der Waals surface area contributed by atoms with E-state index in [1.807, 2.05) is 18.2 Å². The van der Waals surface area contributed by atoms with E-state index in [2.05, 4.69) is 5.32 Å². The van der Waals surface area contributed by atoms with Crippen LogP contribution in [0.5, 0.6) is 5.75 Å². The van der Waals surface area contributed by atoms with Crippen molar-refractivity contribution in [1.82, 2.24) is 5.32 Å². The molecule has 0 bridgehead atoms. The molecule has 1 aromatic rings. The number of carboxylic acid groups (broad SMARTS) is 1. The lowest BCUT2D eigenvalue weighted by molar-refractivity contribution is -0.138. The first kappa shape index (κ1) is 15.0. The van der Waals surface area contributed by atoms with Crippen molar-refractivity contribution in [2.24, 2.45) is 5.92 Å². The Labute approximate surface area is 112 Å². The first-order chi connectivity index (χ1) is 9.01. The molecule has 0 fully saturated rings. The molecule has 5 nitrogen and oxygen atoms in total. The minimum Gasteiger partial charge on any atom is -0.497 e. The van der Waals surface area contributed by atoms with Gasteiger partial charge in [-0.05, 0) is 23.6 Å². The van der Waals surface area contributed by atoms with Gasteiger partial charge in [-0.3, -0.25) is 9.59 Å². The molecule has 1 unspecified atom stereocenters. The lowest BCUT2D eigenvalue weighted by atomic mass is 10.1. The van der Waals surface area contributed by atoms with Gasteiger partial charge in [-0.25, -0.2) is 0 Å². The fourth-order valence-electron chi connectivity index (χ4n) is 1.69. The summed E-state index contributed by atoms with van der Waals surface area (Å²) in [5.74, 6) is -0.337. The molecule has 1 amide bonds. The number of hydrogen-bond acceptors (Lipinski definition) is 3. The van der Waals surface area contributed by atoms with Crippen LogP contribution in [0.2, 0.25) is 0 Å². The van der Waals surface area contributed by atoms with Gasteiger partial charge < -0.3 is 15.2 Å². The maximum absolute atomic E-state index is 11.7. The van der Waals surface area contributed by atoms with Crippen molar-refractivity contribution in [1.29, 1.82) is 0 Å². The summed E-state index contributed by atoms with van der Waals surface area (Å²) in [6.45, 7) is 2.16. The van der Waals surface area contributed by atoms with E-state index in [0.29, 0.717) is 12.3 Å². The Kier molecular flexibility index (Phi) is 5.85. The van der Waals surface area contributed by atoms with Gasteiger partial charge in [0.15, 0.2) is 0 Å². The van der Waals surface area contributed by atoms with Crippen LogP contribution < -0.4 is 10.1 Å². The van der Waals surface area contributed by atoms with E-state index in [4.69, 9.17) is 9.84 Å². The van der Waals surface area contributed by atoms with E-state index in [-0.39, 0.29) is 24.7 Å². The molecule has 0 spiro atoms. The summed E-state index contributed by atoms with van der Waals surface area (Å²) in [4.78, 5) is 22.2. The zero-order valence-electron chi connectivity index (χ0n) is 11.2. The number of ether oxygens (including phenoxy) is 1. The molecule has 1 atom stereocenters.